The second-order valence-corrected chi connectivity index (χ2v) is 7.67. The van der Waals surface area contributed by atoms with Crippen molar-refractivity contribution in [3.63, 3.8) is 0 Å². The first-order chi connectivity index (χ1) is 18.4. The van der Waals surface area contributed by atoms with E-state index in [0.717, 1.165) is 54.6 Å². The number of carboxylic acids is 4. The summed E-state index contributed by atoms with van der Waals surface area (Å²) in [5.74, 6) is -6.09. The minimum atomic E-state index is -1.52. The highest BCUT2D eigenvalue weighted by molar-refractivity contribution is 6.00. The fourth-order valence-electron chi connectivity index (χ4n) is 3.50. The number of hydrogen-bond donors (Lipinski definition) is 4. The van der Waals surface area contributed by atoms with Gasteiger partial charge in [-0.2, -0.15) is 0 Å². The average molecular weight is 537 g/mol. The van der Waals surface area contributed by atoms with Crippen LogP contribution in [0.3, 0.4) is 0 Å². The Morgan fingerprint density at radius 1 is 0.564 bits per heavy atom. The molecule has 4 N–H and O–H groups in total. The predicted molar refractivity (Wildman–Crippen MR) is 130 cm³/mol. The molecule has 0 aliphatic carbocycles. The molecule has 0 bridgehead atoms. The summed E-state index contributed by atoms with van der Waals surface area (Å²) in [6, 6.07) is 8.24. The van der Waals surface area contributed by atoms with Crippen molar-refractivity contribution in [2.24, 2.45) is 0 Å². The van der Waals surface area contributed by atoms with E-state index in [-0.39, 0.29) is 35.6 Å². The van der Waals surface area contributed by atoms with E-state index < -0.39 is 56.7 Å². The number of aromatic carboxylic acids is 4. The van der Waals surface area contributed by atoms with Gasteiger partial charge in [0.2, 0.25) is 12.8 Å². The minimum Gasteiger partial charge on any atom is -0.478 e. The van der Waals surface area contributed by atoms with Crippen LogP contribution in [0.25, 0.3) is 0 Å². The van der Waals surface area contributed by atoms with Crippen molar-refractivity contribution in [2.75, 3.05) is 9.80 Å². The number of anilines is 4. The maximum Gasteiger partial charge on any atom is 0.335 e. The van der Waals surface area contributed by atoms with Crippen LogP contribution >= 0.6 is 0 Å². The third kappa shape index (κ3) is 5.83. The Bertz CT molecular complexity index is 1400. The molecule has 3 rings (SSSR count). The fraction of sp³-hybridized carbons (Fsp3) is 0. The number of amides is 2. The van der Waals surface area contributed by atoms with E-state index in [2.05, 4.69) is 0 Å². The Kier molecular flexibility index (Phi) is 7.66. The molecule has 0 aromatic heterocycles. The molecule has 3 aromatic rings. The number of benzene rings is 3. The van der Waals surface area contributed by atoms with Crippen LogP contribution in [-0.4, -0.2) is 62.0 Å². The van der Waals surface area contributed by atoms with Crippen molar-refractivity contribution >= 4 is 65.1 Å². The number of nitro groups is 1. The van der Waals surface area contributed by atoms with Gasteiger partial charge in [0.05, 0.1) is 49.9 Å². The number of hydrogen-bond acceptors (Lipinski definition) is 8. The lowest BCUT2D eigenvalue weighted by Gasteiger charge is -2.23. The van der Waals surface area contributed by atoms with Gasteiger partial charge < -0.3 is 20.4 Å². The van der Waals surface area contributed by atoms with E-state index >= 15 is 0 Å². The van der Waals surface area contributed by atoms with Crippen molar-refractivity contribution in [3.8, 4) is 0 Å². The Morgan fingerprint density at radius 2 is 0.846 bits per heavy atom. The summed E-state index contributed by atoms with van der Waals surface area (Å²) in [6.07, 6.45) is 0.239. The van der Waals surface area contributed by atoms with E-state index in [4.69, 9.17) is 0 Å². The van der Waals surface area contributed by atoms with Crippen LogP contribution < -0.4 is 9.80 Å². The Balaban J connectivity index is 2.27. The van der Waals surface area contributed by atoms with Crippen LogP contribution in [0, 0.1) is 10.1 Å². The smallest absolute Gasteiger partial charge is 0.335 e. The molecule has 39 heavy (non-hydrogen) atoms. The van der Waals surface area contributed by atoms with E-state index in [1.807, 2.05) is 0 Å². The van der Waals surface area contributed by atoms with Gasteiger partial charge in [-0.05, 0) is 42.5 Å². The summed E-state index contributed by atoms with van der Waals surface area (Å²) >= 11 is 0. The normalized spacial score (nSPS) is 10.3. The standard InChI is InChI=1S/C24H15N3O12/c28-10-25(16-3-12(21(30)31)1-13(4-16)22(32)33)18-7-19(9-20(8-18)27(38)39)26(11-29)17-5-14(23(34)35)2-15(6-17)24(36)37/h1-11H,(H,30,31)(H,32,33)(H,34,35)(H,36,37). The lowest BCUT2D eigenvalue weighted by molar-refractivity contribution is -0.384. The number of nitro benzene ring substituents is 1. The zero-order chi connectivity index (χ0) is 29.0. The van der Waals surface area contributed by atoms with E-state index in [1.54, 1.807) is 0 Å². The summed E-state index contributed by atoms with van der Waals surface area (Å²) in [4.78, 5) is 82.2. The molecule has 0 radical (unpaired) electrons. The monoisotopic (exact) mass is 537 g/mol. The molecule has 0 heterocycles. The van der Waals surface area contributed by atoms with Gasteiger partial charge in [-0.3, -0.25) is 29.5 Å². The molecule has 0 aliphatic rings. The van der Waals surface area contributed by atoms with Gasteiger partial charge in [-0.15, -0.1) is 0 Å². The predicted octanol–water partition coefficient (Wildman–Crippen LogP) is 2.98. The topological polar surface area (TPSA) is 233 Å². The Hall–Kier alpha value is -6.12. The second kappa shape index (κ2) is 10.9. The minimum absolute atomic E-state index is 0.119. The molecule has 0 unspecified atom stereocenters. The third-order valence-electron chi connectivity index (χ3n) is 5.24. The zero-order valence-electron chi connectivity index (χ0n) is 19.2. The highest BCUT2D eigenvalue weighted by Gasteiger charge is 2.23. The van der Waals surface area contributed by atoms with Crippen molar-refractivity contribution < 1.29 is 54.1 Å². The maximum absolute atomic E-state index is 12.1. The van der Waals surface area contributed by atoms with E-state index in [9.17, 15) is 59.3 Å². The summed E-state index contributed by atoms with van der Waals surface area (Å²) in [5.41, 5.74) is -3.94. The number of nitrogens with zero attached hydrogens (tertiary/aromatic N) is 3. The Labute approximate surface area is 216 Å². The van der Waals surface area contributed by atoms with Crippen molar-refractivity contribution in [1.82, 2.24) is 0 Å². The summed E-state index contributed by atoms with van der Waals surface area (Å²) in [5, 5.41) is 49.0. The van der Waals surface area contributed by atoms with Crippen LogP contribution in [-0.2, 0) is 9.59 Å². The molecule has 15 nitrogen and oxygen atoms in total. The van der Waals surface area contributed by atoms with Gasteiger partial charge in [0.1, 0.15) is 0 Å². The highest BCUT2D eigenvalue weighted by atomic mass is 16.6. The first-order valence-electron chi connectivity index (χ1n) is 10.4. The highest BCUT2D eigenvalue weighted by Crippen LogP contribution is 2.36. The molecule has 198 valence electrons. The van der Waals surface area contributed by atoms with Crippen LogP contribution in [0.15, 0.2) is 54.6 Å². The third-order valence-corrected chi connectivity index (χ3v) is 5.24. The molecule has 0 fully saturated rings. The summed E-state index contributed by atoms with van der Waals surface area (Å²) in [7, 11) is 0. The maximum atomic E-state index is 12.1. The quantitative estimate of drug-likeness (QED) is 0.157. The SMILES string of the molecule is O=CN(c1cc(C(=O)O)cc(C(=O)O)c1)c1cc(N(C=O)c2cc(C(=O)O)cc(C(=O)O)c2)cc([N+](=O)[O-])c1. The largest absolute Gasteiger partial charge is 0.478 e. The molecule has 0 saturated carbocycles. The van der Waals surface area contributed by atoms with Crippen LogP contribution in [0.2, 0.25) is 0 Å². The zero-order valence-corrected chi connectivity index (χ0v) is 19.2. The molecule has 15 heteroatoms. The molecule has 0 saturated heterocycles. The molecule has 0 aliphatic heterocycles. The van der Waals surface area contributed by atoms with Gasteiger partial charge in [0, 0.05) is 12.1 Å². The van der Waals surface area contributed by atoms with Gasteiger partial charge in [0.25, 0.3) is 5.69 Å². The number of carbonyl (C=O) groups is 6. The first kappa shape index (κ1) is 27.5. The molecular weight excluding hydrogens is 522 g/mol. The van der Waals surface area contributed by atoms with Gasteiger partial charge >= 0.3 is 23.9 Å². The number of carboxylic acid groups (broad SMARTS) is 4. The summed E-state index contributed by atoms with van der Waals surface area (Å²) in [6.45, 7) is 0. The fourth-order valence-corrected chi connectivity index (χ4v) is 3.50. The van der Waals surface area contributed by atoms with E-state index in [0.29, 0.717) is 9.80 Å². The lowest BCUT2D eigenvalue weighted by atomic mass is 10.1. The Morgan fingerprint density at radius 3 is 1.08 bits per heavy atom. The number of carbonyl (C=O) groups excluding carboxylic acids is 2. The average Bonchev–Trinajstić information content (AvgIpc) is 2.89. The second-order valence-electron chi connectivity index (χ2n) is 7.67. The number of rotatable bonds is 11. The van der Waals surface area contributed by atoms with E-state index in [1.165, 1.54) is 0 Å². The molecular formula is C24H15N3O12. The van der Waals surface area contributed by atoms with Crippen molar-refractivity contribution in [2.45, 2.75) is 0 Å². The molecule has 0 atom stereocenters. The van der Waals surface area contributed by atoms with Crippen molar-refractivity contribution in [1.29, 1.82) is 0 Å². The van der Waals surface area contributed by atoms with Gasteiger partial charge in [-0.25, -0.2) is 19.2 Å². The van der Waals surface area contributed by atoms with Crippen LogP contribution in [0.5, 0.6) is 0 Å². The lowest BCUT2D eigenvalue weighted by Crippen LogP contribution is -2.19. The number of non-ortho nitro benzene ring substituents is 1. The van der Waals surface area contributed by atoms with Crippen LogP contribution in [0.4, 0.5) is 28.4 Å². The molecule has 0 spiro atoms. The summed E-state index contributed by atoms with van der Waals surface area (Å²) < 4.78 is 0. The molecule has 2 amide bonds. The van der Waals surface area contributed by atoms with Gasteiger partial charge in [0.15, 0.2) is 0 Å². The first-order valence-corrected chi connectivity index (χ1v) is 10.4. The van der Waals surface area contributed by atoms with Gasteiger partial charge in [-0.1, -0.05) is 0 Å². The van der Waals surface area contributed by atoms with Crippen LogP contribution in [0.1, 0.15) is 41.4 Å². The van der Waals surface area contributed by atoms with Crippen molar-refractivity contribution in [3.05, 3.63) is 87.0 Å². The molecule has 3 aromatic carbocycles.